The van der Waals surface area contributed by atoms with Gasteiger partial charge < -0.3 is 39.3 Å². The Balaban J connectivity index is 1.36. The number of rotatable bonds is 16. The maximum absolute atomic E-state index is 13.3. The summed E-state index contributed by atoms with van der Waals surface area (Å²) in [5.41, 5.74) is 1.72. The number of carbonyl (C=O) groups excluding carboxylic acids is 3. The minimum atomic E-state index is -0.424. The average molecular weight is 858 g/mol. The summed E-state index contributed by atoms with van der Waals surface area (Å²) in [5, 5.41) is 29.3. The number of nitrogens with zero attached hydrogens (tertiary/aromatic N) is 2. The second-order valence-corrected chi connectivity index (χ2v) is 13.3. The van der Waals surface area contributed by atoms with Gasteiger partial charge in [0.05, 0.1) is 26.8 Å². The normalized spacial score (nSPS) is 12.5. The number of halogens is 2. The SMILES string of the molecule is CC(=O)CN(Cc1ccc2c(c1)OCO2)C(=O)CN(CCO)C(=O)CC[C@H](CO)Cc1cc(I)c(Oc2ccc(O)cc2)c(I)c1. The number of phenolic OH excluding ortho intramolecular Hbond substituents is 1. The van der Waals surface area contributed by atoms with Crippen LogP contribution in [0.5, 0.6) is 28.7 Å². The summed E-state index contributed by atoms with van der Waals surface area (Å²) < 4.78 is 18.5. The van der Waals surface area contributed by atoms with E-state index >= 15 is 0 Å². The van der Waals surface area contributed by atoms with Crippen LogP contribution in [-0.2, 0) is 27.3 Å². The molecule has 0 saturated carbocycles. The summed E-state index contributed by atoms with van der Waals surface area (Å²) in [4.78, 5) is 41.3. The van der Waals surface area contributed by atoms with Crippen LogP contribution in [0.25, 0.3) is 0 Å². The molecule has 0 spiro atoms. The highest BCUT2D eigenvalue weighted by molar-refractivity contribution is 14.1. The van der Waals surface area contributed by atoms with Crippen molar-refractivity contribution < 1.29 is 43.9 Å². The molecule has 0 aliphatic carbocycles. The second-order valence-electron chi connectivity index (χ2n) is 11.0. The van der Waals surface area contributed by atoms with E-state index in [-0.39, 0.29) is 76.0 Å². The molecule has 1 aliphatic heterocycles. The Morgan fingerprint density at radius 1 is 0.891 bits per heavy atom. The number of hydrogen-bond acceptors (Lipinski definition) is 9. The number of aliphatic hydroxyl groups is 2. The van der Waals surface area contributed by atoms with Gasteiger partial charge in [-0.15, -0.1) is 0 Å². The molecule has 0 unspecified atom stereocenters. The van der Waals surface area contributed by atoms with Crippen molar-refractivity contribution in [3.8, 4) is 28.7 Å². The van der Waals surface area contributed by atoms with Gasteiger partial charge in [0.2, 0.25) is 18.6 Å². The molecule has 1 atom stereocenters. The number of hydrogen-bond donors (Lipinski definition) is 3. The lowest BCUT2D eigenvalue weighted by Gasteiger charge is -2.27. The highest BCUT2D eigenvalue weighted by Gasteiger charge is 2.24. The number of benzene rings is 3. The Hall–Kier alpha value is -3.15. The molecule has 2 amide bonds. The van der Waals surface area contributed by atoms with Crippen molar-refractivity contribution in [2.24, 2.45) is 5.92 Å². The third-order valence-corrected chi connectivity index (χ3v) is 8.89. The zero-order valence-electron chi connectivity index (χ0n) is 25.3. The Kier molecular flexibility index (Phi) is 13.3. The monoisotopic (exact) mass is 858 g/mol. The van der Waals surface area contributed by atoms with Gasteiger partial charge >= 0.3 is 0 Å². The smallest absolute Gasteiger partial charge is 0.242 e. The molecule has 3 aromatic carbocycles. The number of ether oxygens (including phenoxy) is 3. The third kappa shape index (κ3) is 10.2. The number of amides is 2. The number of ketones is 1. The van der Waals surface area contributed by atoms with E-state index in [1.807, 2.05) is 12.1 Å². The first-order valence-electron chi connectivity index (χ1n) is 14.7. The van der Waals surface area contributed by atoms with E-state index in [2.05, 4.69) is 45.2 Å². The molecule has 4 rings (SSSR count). The predicted molar refractivity (Wildman–Crippen MR) is 186 cm³/mol. The maximum Gasteiger partial charge on any atom is 0.242 e. The zero-order chi connectivity index (χ0) is 33.2. The fourth-order valence-electron chi connectivity index (χ4n) is 4.97. The molecule has 0 fully saturated rings. The van der Waals surface area contributed by atoms with Crippen molar-refractivity contribution in [2.75, 3.05) is 39.6 Å². The summed E-state index contributed by atoms with van der Waals surface area (Å²) in [6, 6.07) is 15.7. The molecule has 3 aromatic rings. The molecular formula is C33H36I2N2O9. The van der Waals surface area contributed by atoms with Gasteiger partial charge in [0, 0.05) is 26.1 Å². The molecule has 11 nitrogen and oxygen atoms in total. The van der Waals surface area contributed by atoms with Crippen LogP contribution in [0.1, 0.15) is 30.9 Å². The molecule has 246 valence electrons. The fourth-order valence-corrected chi connectivity index (χ4v) is 7.09. The molecule has 0 aromatic heterocycles. The number of phenols is 1. The Bertz CT molecular complexity index is 1510. The van der Waals surface area contributed by atoms with E-state index in [0.717, 1.165) is 18.3 Å². The zero-order valence-corrected chi connectivity index (χ0v) is 29.6. The molecule has 3 N–H and O–H groups in total. The average Bonchev–Trinajstić information content (AvgIpc) is 3.49. The van der Waals surface area contributed by atoms with Gasteiger partial charge in [-0.3, -0.25) is 14.4 Å². The van der Waals surface area contributed by atoms with Crippen LogP contribution in [0, 0.1) is 13.1 Å². The second kappa shape index (κ2) is 17.1. The lowest BCUT2D eigenvalue weighted by atomic mass is 9.95. The van der Waals surface area contributed by atoms with E-state index in [4.69, 9.17) is 14.2 Å². The van der Waals surface area contributed by atoms with Crippen molar-refractivity contribution in [1.29, 1.82) is 0 Å². The standard InChI is InChI=1S/C33H36I2N2O9/c1-21(40)16-37(17-22-2-8-29-30(15-22)45-20-44-29)32(43)18-36(10-11-38)31(42)9-3-23(19-39)12-24-13-27(34)33(28(35)14-24)46-26-6-4-25(41)5-7-26/h2,4-8,13-15,23,38-39,41H,3,9-12,16-20H2,1H3/t23-/m0/s1. The molecule has 0 radical (unpaired) electrons. The Morgan fingerprint density at radius 3 is 2.24 bits per heavy atom. The number of fused-ring (bicyclic) bond motifs is 1. The van der Waals surface area contributed by atoms with Gasteiger partial charge in [0.25, 0.3) is 0 Å². The van der Waals surface area contributed by atoms with Gasteiger partial charge in [0.1, 0.15) is 17.3 Å². The van der Waals surface area contributed by atoms with Gasteiger partial charge in [-0.25, -0.2) is 0 Å². The van der Waals surface area contributed by atoms with Crippen molar-refractivity contribution in [3.05, 3.63) is 72.9 Å². The van der Waals surface area contributed by atoms with E-state index < -0.39 is 5.91 Å². The number of carbonyl (C=O) groups is 3. The van der Waals surface area contributed by atoms with Crippen LogP contribution in [0.4, 0.5) is 0 Å². The van der Waals surface area contributed by atoms with Gasteiger partial charge in [0.15, 0.2) is 17.2 Å². The summed E-state index contributed by atoms with van der Waals surface area (Å²) in [6.07, 6.45) is 0.971. The largest absolute Gasteiger partial charge is 0.508 e. The van der Waals surface area contributed by atoms with E-state index in [1.165, 1.54) is 16.7 Å². The van der Waals surface area contributed by atoms with E-state index in [9.17, 15) is 29.7 Å². The summed E-state index contributed by atoms with van der Waals surface area (Å²) in [6.45, 7) is 0.734. The summed E-state index contributed by atoms with van der Waals surface area (Å²) in [5.74, 6) is 1.43. The van der Waals surface area contributed by atoms with Crippen LogP contribution < -0.4 is 14.2 Å². The van der Waals surface area contributed by atoms with Crippen LogP contribution in [0.3, 0.4) is 0 Å². The Labute approximate surface area is 294 Å². The first-order chi connectivity index (χ1) is 22.1. The maximum atomic E-state index is 13.3. The van der Waals surface area contributed by atoms with Crippen molar-refractivity contribution in [1.82, 2.24) is 9.80 Å². The molecule has 13 heteroatoms. The molecular weight excluding hydrogens is 822 g/mol. The minimum Gasteiger partial charge on any atom is -0.508 e. The highest BCUT2D eigenvalue weighted by atomic mass is 127. The van der Waals surface area contributed by atoms with E-state index in [1.54, 1.807) is 42.5 Å². The van der Waals surface area contributed by atoms with Crippen LogP contribution >= 0.6 is 45.2 Å². The van der Waals surface area contributed by atoms with Gasteiger partial charge in [-0.2, -0.15) is 0 Å². The van der Waals surface area contributed by atoms with Crippen LogP contribution in [-0.4, -0.2) is 82.4 Å². The van der Waals surface area contributed by atoms with Gasteiger partial charge in [-0.1, -0.05) is 6.07 Å². The number of aromatic hydroxyl groups is 1. The van der Waals surface area contributed by atoms with Gasteiger partial charge in [-0.05, 0) is 131 Å². The molecule has 0 bridgehead atoms. The summed E-state index contributed by atoms with van der Waals surface area (Å²) in [7, 11) is 0. The first-order valence-corrected chi connectivity index (χ1v) is 16.8. The lowest BCUT2D eigenvalue weighted by molar-refractivity contribution is -0.142. The molecule has 0 saturated heterocycles. The lowest BCUT2D eigenvalue weighted by Crippen LogP contribution is -2.45. The van der Waals surface area contributed by atoms with Crippen LogP contribution in [0.2, 0.25) is 0 Å². The molecule has 1 aliphatic rings. The third-order valence-electron chi connectivity index (χ3n) is 7.29. The molecule has 46 heavy (non-hydrogen) atoms. The van der Waals surface area contributed by atoms with Crippen molar-refractivity contribution >= 4 is 62.8 Å². The van der Waals surface area contributed by atoms with E-state index in [0.29, 0.717) is 35.8 Å². The number of aliphatic hydroxyl groups excluding tert-OH is 2. The highest BCUT2D eigenvalue weighted by Crippen LogP contribution is 2.35. The first kappa shape index (κ1) is 35.7. The number of Topliss-reactive ketones (excluding diaryl/α,β-unsaturated/α-hetero) is 1. The quantitative estimate of drug-likeness (QED) is 0.178. The van der Waals surface area contributed by atoms with Crippen LogP contribution in [0.15, 0.2) is 54.6 Å². The van der Waals surface area contributed by atoms with Crippen molar-refractivity contribution in [3.63, 3.8) is 0 Å². The Morgan fingerprint density at radius 2 is 1.59 bits per heavy atom. The topological polar surface area (TPSA) is 146 Å². The summed E-state index contributed by atoms with van der Waals surface area (Å²) >= 11 is 4.39. The van der Waals surface area contributed by atoms with Crippen molar-refractivity contribution in [2.45, 2.75) is 32.7 Å². The molecule has 1 heterocycles. The predicted octanol–water partition coefficient (Wildman–Crippen LogP) is 4.49. The minimum absolute atomic E-state index is 0.0365. The fraction of sp³-hybridized carbons (Fsp3) is 0.364.